The highest BCUT2D eigenvalue weighted by Gasteiger charge is 2.27. The lowest BCUT2D eigenvalue weighted by molar-refractivity contribution is 0.121. The lowest BCUT2D eigenvalue weighted by atomic mass is 9.85. The molecule has 0 heterocycles. The second-order valence-electron chi connectivity index (χ2n) is 6.02. The molecule has 0 amide bonds. The highest BCUT2D eigenvalue weighted by Crippen LogP contribution is 2.32. The standard InChI is InChI=1S/C16H24BrFN2/c1-11-4-3-5-13(8-11)20(2)16(10-19)12-6-7-14(17)15(18)9-12/h6-7,9,11,13,16H,3-5,8,10,19H2,1-2H3. The van der Waals surface area contributed by atoms with Gasteiger partial charge in [-0.2, -0.15) is 0 Å². The van der Waals surface area contributed by atoms with Gasteiger partial charge in [0, 0.05) is 18.6 Å². The van der Waals surface area contributed by atoms with Crippen molar-refractivity contribution >= 4 is 15.9 Å². The number of nitrogens with zero attached hydrogens (tertiary/aromatic N) is 1. The molecule has 1 aliphatic rings. The van der Waals surface area contributed by atoms with E-state index in [0.29, 0.717) is 17.1 Å². The molecular weight excluding hydrogens is 319 g/mol. The second kappa shape index (κ2) is 7.01. The summed E-state index contributed by atoms with van der Waals surface area (Å²) in [7, 11) is 2.13. The number of nitrogens with two attached hydrogens (primary N) is 1. The summed E-state index contributed by atoms with van der Waals surface area (Å²) in [5.74, 6) is 0.558. The van der Waals surface area contributed by atoms with Crippen molar-refractivity contribution in [2.45, 2.75) is 44.7 Å². The van der Waals surface area contributed by atoms with Gasteiger partial charge in [-0.25, -0.2) is 4.39 Å². The fourth-order valence-electron chi connectivity index (χ4n) is 3.28. The predicted octanol–water partition coefficient (Wildman–Crippen LogP) is 4.10. The van der Waals surface area contributed by atoms with E-state index in [9.17, 15) is 4.39 Å². The van der Waals surface area contributed by atoms with Crippen molar-refractivity contribution < 1.29 is 4.39 Å². The molecule has 0 spiro atoms. The van der Waals surface area contributed by atoms with Crippen molar-refractivity contribution in [3.05, 3.63) is 34.1 Å². The number of likely N-dealkylation sites (N-methyl/N-ethyl adjacent to an activating group) is 1. The van der Waals surface area contributed by atoms with Gasteiger partial charge in [-0.3, -0.25) is 4.90 Å². The molecule has 1 saturated carbocycles. The molecule has 2 N–H and O–H groups in total. The van der Waals surface area contributed by atoms with Crippen LogP contribution in [-0.4, -0.2) is 24.5 Å². The van der Waals surface area contributed by atoms with Crippen LogP contribution in [0.1, 0.15) is 44.2 Å². The van der Waals surface area contributed by atoms with Crippen molar-refractivity contribution in [3.63, 3.8) is 0 Å². The quantitative estimate of drug-likeness (QED) is 0.892. The van der Waals surface area contributed by atoms with Crippen LogP contribution in [0, 0.1) is 11.7 Å². The first-order valence-electron chi connectivity index (χ1n) is 7.40. The average molecular weight is 343 g/mol. The Labute approximate surface area is 129 Å². The minimum absolute atomic E-state index is 0.0906. The van der Waals surface area contributed by atoms with Crippen molar-refractivity contribution in [1.82, 2.24) is 4.90 Å². The fourth-order valence-corrected chi connectivity index (χ4v) is 3.53. The van der Waals surface area contributed by atoms with Crippen molar-refractivity contribution in [1.29, 1.82) is 0 Å². The Bertz CT molecular complexity index is 452. The van der Waals surface area contributed by atoms with Gasteiger partial charge in [0.1, 0.15) is 5.82 Å². The fraction of sp³-hybridized carbons (Fsp3) is 0.625. The van der Waals surface area contributed by atoms with Crippen LogP contribution >= 0.6 is 15.9 Å². The third-order valence-electron chi connectivity index (χ3n) is 4.53. The molecule has 1 aromatic carbocycles. The van der Waals surface area contributed by atoms with Gasteiger partial charge >= 0.3 is 0 Å². The van der Waals surface area contributed by atoms with Crippen molar-refractivity contribution in [3.8, 4) is 0 Å². The Morgan fingerprint density at radius 3 is 2.80 bits per heavy atom. The van der Waals surface area contributed by atoms with E-state index in [4.69, 9.17) is 5.73 Å². The highest BCUT2D eigenvalue weighted by atomic mass is 79.9. The van der Waals surface area contributed by atoms with Gasteiger partial charge in [-0.15, -0.1) is 0 Å². The second-order valence-corrected chi connectivity index (χ2v) is 6.87. The topological polar surface area (TPSA) is 29.3 Å². The van der Waals surface area contributed by atoms with Crippen LogP contribution in [0.3, 0.4) is 0 Å². The molecule has 0 bridgehead atoms. The van der Waals surface area contributed by atoms with Gasteiger partial charge in [0.15, 0.2) is 0 Å². The van der Waals surface area contributed by atoms with Crippen LogP contribution in [0.15, 0.2) is 22.7 Å². The zero-order valence-corrected chi connectivity index (χ0v) is 13.9. The third kappa shape index (κ3) is 3.60. The van der Waals surface area contributed by atoms with E-state index >= 15 is 0 Å². The molecule has 112 valence electrons. The van der Waals surface area contributed by atoms with Gasteiger partial charge in [0.2, 0.25) is 0 Å². The Hall–Kier alpha value is -0.450. The summed E-state index contributed by atoms with van der Waals surface area (Å²) in [6, 6.07) is 5.98. The molecule has 3 unspecified atom stereocenters. The van der Waals surface area contributed by atoms with Crippen LogP contribution in [0.25, 0.3) is 0 Å². The molecule has 0 radical (unpaired) electrons. The van der Waals surface area contributed by atoms with Crippen LogP contribution < -0.4 is 5.73 Å². The lowest BCUT2D eigenvalue weighted by Crippen LogP contribution is -2.41. The van der Waals surface area contributed by atoms with E-state index in [1.165, 1.54) is 25.7 Å². The summed E-state index contributed by atoms with van der Waals surface area (Å²) in [4.78, 5) is 2.35. The highest BCUT2D eigenvalue weighted by molar-refractivity contribution is 9.10. The van der Waals surface area contributed by atoms with Gasteiger partial charge in [0.25, 0.3) is 0 Å². The van der Waals surface area contributed by atoms with E-state index in [0.717, 1.165) is 11.5 Å². The molecule has 3 atom stereocenters. The first kappa shape index (κ1) is 15.9. The summed E-state index contributed by atoms with van der Waals surface area (Å²) < 4.78 is 14.2. The molecule has 0 aromatic heterocycles. The smallest absolute Gasteiger partial charge is 0.137 e. The molecule has 0 saturated heterocycles. The van der Waals surface area contributed by atoms with Crippen LogP contribution in [0.4, 0.5) is 4.39 Å². The monoisotopic (exact) mass is 342 g/mol. The van der Waals surface area contributed by atoms with Crippen LogP contribution in [-0.2, 0) is 0 Å². The number of hydrogen-bond acceptors (Lipinski definition) is 2. The van der Waals surface area contributed by atoms with E-state index in [1.807, 2.05) is 6.07 Å². The Morgan fingerprint density at radius 2 is 2.20 bits per heavy atom. The van der Waals surface area contributed by atoms with E-state index in [1.54, 1.807) is 12.1 Å². The van der Waals surface area contributed by atoms with Crippen molar-refractivity contribution in [2.75, 3.05) is 13.6 Å². The minimum atomic E-state index is -0.216. The lowest BCUT2D eigenvalue weighted by Gasteiger charge is -2.39. The van der Waals surface area contributed by atoms with Crippen molar-refractivity contribution in [2.24, 2.45) is 11.7 Å². The largest absolute Gasteiger partial charge is 0.329 e. The van der Waals surface area contributed by atoms with Crippen LogP contribution in [0.2, 0.25) is 0 Å². The maximum absolute atomic E-state index is 13.7. The van der Waals surface area contributed by atoms with E-state index in [2.05, 4.69) is 34.8 Å². The number of halogens is 2. The summed E-state index contributed by atoms with van der Waals surface area (Å²) >= 11 is 3.20. The molecule has 2 nitrogen and oxygen atoms in total. The van der Waals surface area contributed by atoms with E-state index in [-0.39, 0.29) is 11.9 Å². The minimum Gasteiger partial charge on any atom is -0.329 e. The van der Waals surface area contributed by atoms with Gasteiger partial charge < -0.3 is 5.73 Å². The normalized spacial score (nSPS) is 24.9. The van der Waals surface area contributed by atoms with Gasteiger partial charge in [0.05, 0.1) is 4.47 Å². The zero-order chi connectivity index (χ0) is 14.7. The van der Waals surface area contributed by atoms with Crippen LogP contribution in [0.5, 0.6) is 0 Å². The van der Waals surface area contributed by atoms with Gasteiger partial charge in [-0.1, -0.05) is 25.8 Å². The first-order valence-corrected chi connectivity index (χ1v) is 8.19. The average Bonchev–Trinajstić information content (AvgIpc) is 2.43. The molecule has 1 aromatic rings. The molecule has 1 fully saturated rings. The Kier molecular flexibility index (Phi) is 5.58. The first-order chi connectivity index (χ1) is 9.52. The Morgan fingerprint density at radius 1 is 1.45 bits per heavy atom. The molecule has 0 aliphatic heterocycles. The zero-order valence-electron chi connectivity index (χ0n) is 12.3. The van der Waals surface area contributed by atoms with E-state index < -0.39 is 0 Å². The number of benzene rings is 1. The molecule has 1 aliphatic carbocycles. The molecule has 20 heavy (non-hydrogen) atoms. The summed E-state index contributed by atoms with van der Waals surface area (Å²) in [5, 5.41) is 0. The summed E-state index contributed by atoms with van der Waals surface area (Å²) in [6.45, 7) is 2.83. The van der Waals surface area contributed by atoms with Gasteiger partial charge in [-0.05, 0) is 59.4 Å². The summed E-state index contributed by atoms with van der Waals surface area (Å²) in [6.07, 6.45) is 5.04. The molecular formula is C16H24BrFN2. The molecule has 2 rings (SSSR count). The number of hydrogen-bond donors (Lipinski definition) is 1. The SMILES string of the molecule is CC1CCCC(N(C)C(CN)c2ccc(Br)c(F)c2)C1. The maximum atomic E-state index is 13.7. The molecule has 4 heteroatoms. The summed E-state index contributed by atoms with van der Waals surface area (Å²) in [5.41, 5.74) is 6.93. The number of rotatable bonds is 4. The predicted molar refractivity (Wildman–Crippen MR) is 85.1 cm³/mol. The Balaban J connectivity index is 2.15. The third-order valence-corrected chi connectivity index (χ3v) is 5.17. The maximum Gasteiger partial charge on any atom is 0.137 e.